The van der Waals surface area contributed by atoms with Crippen LogP contribution < -0.4 is 18.9 Å². The first-order valence-electron chi connectivity index (χ1n) is 26.6. The van der Waals surface area contributed by atoms with Crippen molar-refractivity contribution >= 4 is 23.3 Å². The summed E-state index contributed by atoms with van der Waals surface area (Å²) in [4.78, 5) is 0. The fourth-order valence-corrected chi connectivity index (χ4v) is 9.59. The van der Waals surface area contributed by atoms with Gasteiger partial charge >= 0.3 is 0 Å². The van der Waals surface area contributed by atoms with Crippen LogP contribution in [0.1, 0.15) is 176 Å². The highest BCUT2D eigenvalue weighted by Crippen LogP contribution is 2.55. The van der Waals surface area contributed by atoms with Crippen molar-refractivity contribution in [2.45, 2.75) is 137 Å². The van der Waals surface area contributed by atoms with Crippen LogP contribution in [0.5, 0.6) is 23.0 Å². The van der Waals surface area contributed by atoms with Crippen LogP contribution in [-0.4, -0.2) is 26.4 Å². The zero-order valence-electron chi connectivity index (χ0n) is 42.7. The molecule has 0 spiro atoms. The Labute approximate surface area is 415 Å². The summed E-state index contributed by atoms with van der Waals surface area (Å²) in [5.41, 5.74) is 15.0. The van der Waals surface area contributed by atoms with Crippen molar-refractivity contribution < 1.29 is 18.9 Å². The van der Waals surface area contributed by atoms with Gasteiger partial charge in [-0.05, 0) is 166 Å². The largest absolute Gasteiger partial charge is 0.494 e. The molecule has 0 aromatic heterocycles. The van der Waals surface area contributed by atoms with Gasteiger partial charge in [-0.2, -0.15) is 0 Å². The molecule has 362 valence electrons. The fourth-order valence-electron chi connectivity index (χ4n) is 9.59. The van der Waals surface area contributed by atoms with E-state index in [2.05, 4.69) is 187 Å². The summed E-state index contributed by atoms with van der Waals surface area (Å²) in [7, 11) is 0. The van der Waals surface area contributed by atoms with Crippen LogP contribution in [0.2, 0.25) is 0 Å². The lowest BCUT2D eigenvalue weighted by Crippen LogP contribution is -2.25. The molecule has 6 aromatic carbocycles. The minimum atomic E-state index is -0.103. The average Bonchev–Trinajstić information content (AvgIpc) is 3.65. The van der Waals surface area contributed by atoms with Gasteiger partial charge in [-0.25, -0.2) is 0 Å². The average molecular weight is 923 g/mol. The lowest BCUT2D eigenvalue weighted by atomic mass is 9.70. The van der Waals surface area contributed by atoms with Crippen molar-refractivity contribution in [1.29, 1.82) is 0 Å². The molecule has 0 aliphatic heterocycles. The van der Waals surface area contributed by atoms with E-state index in [0.717, 1.165) is 162 Å². The van der Waals surface area contributed by atoms with Crippen molar-refractivity contribution in [3.05, 3.63) is 178 Å². The molecule has 69 heavy (non-hydrogen) atoms. The minimum Gasteiger partial charge on any atom is -0.494 e. The molecule has 0 heterocycles. The SMILES string of the molecule is CCCCOc1ccc(C(=Cc2ccc3c(c2)C(CCCC)(CCCC)c2cc(C=C(c4ccc(OCCCC)cc4)c4ccc(OCCCC)cc4)ccc2-3)c2ccc(OCCCC)cc2)cc1. The Hall–Kier alpha value is -6.00. The van der Waals surface area contributed by atoms with Gasteiger partial charge in [-0.15, -0.1) is 0 Å². The zero-order chi connectivity index (χ0) is 48.3. The Morgan fingerprint density at radius 1 is 0.348 bits per heavy atom. The summed E-state index contributed by atoms with van der Waals surface area (Å²) in [5.74, 6) is 3.65. The first kappa shape index (κ1) is 50.9. The van der Waals surface area contributed by atoms with Gasteiger partial charge in [0.05, 0.1) is 26.4 Å². The van der Waals surface area contributed by atoms with E-state index in [4.69, 9.17) is 18.9 Å². The summed E-state index contributed by atoms with van der Waals surface area (Å²) in [6.45, 7) is 16.4. The first-order chi connectivity index (χ1) is 33.9. The molecule has 1 aliphatic rings. The van der Waals surface area contributed by atoms with Crippen molar-refractivity contribution in [3.8, 4) is 34.1 Å². The number of hydrogen-bond donors (Lipinski definition) is 0. The summed E-state index contributed by atoms with van der Waals surface area (Å²) in [6.07, 6.45) is 20.3. The number of hydrogen-bond acceptors (Lipinski definition) is 4. The summed E-state index contributed by atoms with van der Waals surface area (Å²) in [5, 5.41) is 0. The maximum Gasteiger partial charge on any atom is 0.119 e. The molecule has 0 atom stereocenters. The molecule has 0 saturated carbocycles. The van der Waals surface area contributed by atoms with Crippen LogP contribution in [0, 0.1) is 0 Å². The molecule has 7 rings (SSSR count). The molecule has 0 fully saturated rings. The Balaban J connectivity index is 1.31. The summed E-state index contributed by atoms with van der Waals surface area (Å²) >= 11 is 0. The standard InChI is InChI=1S/C65H78O4/c1-7-13-39-65(40-14-8-2)63-47-49(45-61(51-21-29-55(30-22-51)66-41-15-9-3)52-23-31-56(32-24-52)67-42-16-10-4)19-37-59(63)60-38-20-50(48-64(60)65)46-62(53-25-33-57(34-26-53)68-43-17-11-5)54-27-35-58(36-28-54)69-44-18-12-6/h19-38,45-48H,7-18,39-44H2,1-6H3. The zero-order valence-corrected chi connectivity index (χ0v) is 42.7. The van der Waals surface area contributed by atoms with E-state index < -0.39 is 0 Å². The third kappa shape index (κ3) is 13.2. The van der Waals surface area contributed by atoms with Crippen LogP contribution in [-0.2, 0) is 5.41 Å². The topological polar surface area (TPSA) is 36.9 Å². The second kappa shape index (κ2) is 26.1. The molecule has 0 saturated heterocycles. The number of benzene rings is 6. The van der Waals surface area contributed by atoms with Gasteiger partial charge in [0.15, 0.2) is 0 Å². The lowest BCUT2D eigenvalue weighted by molar-refractivity contribution is 0.309. The first-order valence-corrected chi connectivity index (χ1v) is 26.6. The molecular formula is C65H78O4. The number of ether oxygens (including phenoxy) is 4. The van der Waals surface area contributed by atoms with E-state index in [1.54, 1.807) is 0 Å². The van der Waals surface area contributed by atoms with Gasteiger partial charge in [0.2, 0.25) is 0 Å². The second-order valence-corrected chi connectivity index (χ2v) is 18.9. The summed E-state index contributed by atoms with van der Waals surface area (Å²) in [6, 6.07) is 49.2. The second-order valence-electron chi connectivity index (χ2n) is 18.9. The Morgan fingerprint density at radius 2 is 0.623 bits per heavy atom. The van der Waals surface area contributed by atoms with Crippen LogP contribution in [0.3, 0.4) is 0 Å². The van der Waals surface area contributed by atoms with E-state index >= 15 is 0 Å². The molecule has 4 nitrogen and oxygen atoms in total. The third-order valence-electron chi connectivity index (χ3n) is 13.7. The molecule has 0 unspecified atom stereocenters. The van der Waals surface area contributed by atoms with Crippen molar-refractivity contribution in [2.75, 3.05) is 26.4 Å². The van der Waals surface area contributed by atoms with Gasteiger partial charge in [0, 0.05) is 5.41 Å². The van der Waals surface area contributed by atoms with E-state index in [1.165, 1.54) is 44.5 Å². The quantitative estimate of drug-likeness (QED) is 0.0363. The predicted molar refractivity (Wildman–Crippen MR) is 293 cm³/mol. The van der Waals surface area contributed by atoms with Gasteiger partial charge in [0.1, 0.15) is 23.0 Å². The smallest absolute Gasteiger partial charge is 0.119 e. The maximum absolute atomic E-state index is 6.10. The van der Waals surface area contributed by atoms with Crippen LogP contribution >= 0.6 is 0 Å². The number of unbranched alkanes of at least 4 members (excludes halogenated alkanes) is 6. The highest BCUT2D eigenvalue weighted by molar-refractivity contribution is 5.94. The summed E-state index contributed by atoms with van der Waals surface area (Å²) < 4.78 is 24.4. The van der Waals surface area contributed by atoms with E-state index in [-0.39, 0.29) is 5.41 Å². The van der Waals surface area contributed by atoms with Gasteiger partial charge in [0.25, 0.3) is 0 Å². The molecular weight excluding hydrogens is 845 g/mol. The molecule has 0 radical (unpaired) electrons. The van der Waals surface area contributed by atoms with Gasteiger partial charge in [-0.1, -0.05) is 178 Å². The molecule has 0 amide bonds. The van der Waals surface area contributed by atoms with Crippen LogP contribution in [0.15, 0.2) is 133 Å². The Bertz CT molecular complexity index is 2250. The lowest BCUT2D eigenvalue weighted by Gasteiger charge is -2.33. The maximum atomic E-state index is 6.10. The Kier molecular flexibility index (Phi) is 19.2. The van der Waals surface area contributed by atoms with Gasteiger partial charge < -0.3 is 18.9 Å². The van der Waals surface area contributed by atoms with Crippen molar-refractivity contribution in [3.63, 3.8) is 0 Å². The minimum absolute atomic E-state index is 0.103. The number of rotatable bonds is 28. The van der Waals surface area contributed by atoms with Crippen molar-refractivity contribution in [2.24, 2.45) is 0 Å². The van der Waals surface area contributed by atoms with Gasteiger partial charge in [-0.3, -0.25) is 0 Å². The van der Waals surface area contributed by atoms with E-state index in [1.807, 2.05) is 0 Å². The van der Waals surface area contributed by atoms with Crippen LogP contribution in [0.25, 0.3) is 34.4 Å². The Morgan fingerprint density at radius 3 is 0.884 bits per heavy atom. The molecule has 0 bridgehead atoms. The molecule has 1 aliphatic carbocycles. The normalized spacial score (nSPS) is 12.2. The van der Waals surface area contributed by atoms with E-state index in [9.17, 15) is 0 Å². The van der Waals surface area contributed by atoms with Crippen molar-refractivity contribution in [1.82, 2.24) is 0 Å². The number of fused-ring (bicyclic) bond motifs is 3. The molecule has 4 heteroatoms. The van der Waals surface area contributed by atoms with E-state index in [0.29, 0.717) is 0 Å². The highest BCUT2D eigenvalue weighted by Gasteiger charge is 2.42. The molecule has 6 aromatic rings. The fraction of sp³-hybridized carbons (Fsp3) is 0.385. The van der Waals surface area contributed by atoms with Crippen LogP contribution in [0.4, 0.5) is 0 Å². The monoisotopic (exact) mass is 923 g/mol. The third-order valence-corrected chi connectivity index (χ3v) is 13.7. The predicted octanol–water partition coefficient (Wildman–Crippen LogP) is 18.2. The highest BCUT2D eigenvalue weighted by atomic mass is 16.5. The molecule has 0 N–H and O–H groups in total.